The Morgan fingerprint density at radius 1 is 0.800 bits per heavy atom. The number of unbranched alkanes of at least 4 members (excludes halogenated alkanes) is 7. The van der Waals surface area contributed by atoms with Crippen LogP contribution in [0.3, 0.4) is 0 Å². The molecule has 0 radical (unpaired) electrons. The molecule has 0 unspecified atom stereocenters. The number of carbonyl (C=O) groups excluding carboxylic acids is 1. The zero-order valence-corrected chi connectivity index (χ0v) is 21.9. The number of hydrogen-bond acceptors (Lipinski definition) is 7. The summed E-state index contributed by atoms with van der Waals surface area (Å²) in [4.78, 5) is 11.6. The van der Waals surface area contributed by atoms with Crippen LogP contribution in [0.2, 0.25) is 0 Å². The average Bonchev–Trinajstić information content (AvgIpc) is 2.86. The molecule has 0 heterocycles. The highest BCUT2D eigenvalue weighted by atomic mass is 16.6. The van der Waals surface area contributed by atoms with Crippen molar-refractivity contribution in [2.75, 3.05) is 60.0 Å². The SMILES string of the molecule is C=CCCCCCCCCCOCCOCCOCCOc1ccc(CC(=O)OCC)cc1OC. The predicted octanol–water partition coefficient (Wildman–Crippen LogP) is 5.54. The van der Waals surface area contributed by atoms with E-state index in [-0.39, 0.29) is 12.4 Å². The second kappa shape index (κ2) is 22.4. The quantitative estimate of drug-likeness (QED) is 0.106. The summed E-state index contributed by atoms with van der Waals surface area (Å²) in [6.07, 6.45) is 12.2. The molecule has 0 fully saturated rings. The second-order valence-electron chi connectivity index (χ2n) is 8.20. The van der Waals surface area contributed by atoms with Gasteiger partial charge in [-0.3, -0.25) is 4.79 Å². The molecule has 200 valence electrons. The topological polar surface area (TPSA) is 72.5 Å². The molecule has 35 heavy (non-hydrogen) atoms. The van der Waals surface area contributed by atoms with Crippen LogP contribution in [0.15, 0.2) is 30.9 Å². The van der Waals surface area contributed by atoms with E-state index in [2.05, 4.69) is 6.58 Å². The number of rotatable bonds is 24. The predicted molar refractivity (Wildman–Crippen MR) is 138 cm³/mol. The van der Waals surface area contributed by atoms with Gasteiger partial charge in [0.1, 0.15) is 6.61 Å². The fourth-order valence-electron chi connectivity index (χ4n) is 3.45. The fourth-order valence-corrected chi connectivity index (χ4v) is 3.45. The molecule has 1 aromatic carbocycles. The fraction of sp³-hybridized carbons (Fsp3) is 0.679. The van der Waals surface area contributed by atoms with Crippen molar-refractivity contribution in [2.45, 2.75) is 64.7 Å². The summed E-state index contributed by atoms with van der Waals surface area (Å²) >= 11 is 0. The molecule has 1 aromatic rings. The monoisotopic (exact) mass is 494 g/mol. The third-order valence-corrected chi connectivity index (χ3v) is 5.31. The third kappa shape index (κ3) is 17.1. The van der Waals surface area contributed by atoms with E-state index in [0.29, 0.717) is 57.7 Å². The standard InChI is InChI=1S/C28H46O7/c1-4-6-7-8-9-10-11-12-13-16-31-17-18-32-19-20-33-21-22-35-26-15-14-25(23-27(26)30-3)24-28(29)34-5-2/h4,14-15,23H,1,5-13,16-22,24H2,2-3H3. The van der Waals surface area contributed by atoms with Crippen molar-refractivity contribution < 1.29 is 33.2 Å². The van der Waals surface area contributed by atoms with Gasteiger partial charge in [-0.25, -0.2) is 0 Å². The molecule has 7 heteroatoms. The molecule has 0 saturated heterocycles. The minimum Gasteiger partial charge on any atom is -0.493 e. The molecule has 0 aromatic heterocycles. The third-order valence-electron chi connectivity index (χ3n) is 5.31. The van der Waals surface area contributed by atoms with E-state index in [0.717, 1.165) is 25.0 Å². The van der Waals surface area contributed by atoms with Crippen LogP contribution in [0.4, 0.5) is 0 Å². The molecular formula is C28H46O7. The molecule has 0 aliphatic carbocycles. The van der Waals surface area contributed by atoms with Crippen LogP contribution in [-0.4, -0.2) is 65.9 Å². The molecule has 0 spiro atoms. The van der Waals surface area contributed by atoms with Crippen molar-refractivity contribution in [3.8, 4) is 11.5 Å². The lowest BCUT2D eigenvalue weighted by Crippen LogP contribution is -2.13. The minimum absolute atomic E-state index is 0.204. The molecular weight excluding hydrogens is 448 g/mol. The Morgan fingerprint density at radius 2 is 1.40 bits per heavy atom. The molecule has 0 N–H and O–H groups in total. The second-order valence-corrected chi connectivity index (χ2v) is 8.20. The molecule has 0 atom stereocenters. The Kier molecular flexibility index (Phi) is 19.8. The van der Waals surface area contributed by atoms with Crippen LogP contribution < -0.4 is 9.47 Å². The number of methoxy groups -OCH3 is 1. The normalized spacial score (nSPS) is 10.8. The van der Waals surface area contributed by atoms with E-state index in [1.807, 2.05) is 12.1 Å². The van der Waals surface area contributed by atoms with Gasteiger partial charge in [0.15, 0.2) is 11.5 Å². The van der Waals surface area contributed by atoms with Crippen LogP contribution in [0.5, 0.6) is 11.5 Å². The Hall–Kier alpha value is -2.09. The van der Waals surface area contributed by atoms with Crippen molar-refractivity contribution in [2.24, 2.45) is 0 Å². The van der Waals surface area contributed by atoms with Gasteiger partial charge in [0.25, 0.3) is 0 Å². The van der Waals surface area contributed by atoms with Crippen molar-refractivity contribution in [3.05, 3.63) is 36.4 Å². The Morgan fingerprint density at radius 3 is 2.03 bits per heavy atom. The van der Waals surface area contributed by atoms with Gasteiger partial charge in [-0.15, -0.1) is 6.58 Å². The van der Waals surface area contributed by atoms with Gasteiger partial charge in [0.2, 0.25) is 0 Å². The summed E-state index contributed by atoms with van der Waals surface area (Å²) in [6.45, 7) is 9.80. The van der Waals surface area contributed by atoms with Gasteiger partial charge < -0.3 is 28.4 Å². The highest BCUT2D eigenvalue weighted by Gasteiger charge is 2.09. The molecule has 0 aliphatic rings. The highest BCUT2D eigenvalue weighted by molar-refractivity contribution is 5.72. The number of ether oxygens (including phenoxy) is 6. The first-order chi connectivity index (χ1) is 17.2. The summed E-state index contributed by atoms with van der Waals surface area (Å²) in [7, 11) is 1.57. The van der Waals surface area contributed by atoms with E-state index in [9.17, 15) is 4.79 Å². The molecule has 0 aliphatic heterocycles. The number of allylic oxidation sites excluding steroid dienone is 1. The first kappa shape index (κ1) is 30.9. The average molecular weight is 495 g/mol. The molecule has 7 nitrogen and oxygen atoms in total. The summed E-state index contributed by atoms with van der Waals surface area (Å²) in [6, 6.07) is 5.41. The maximum atomic E-state index is 11.6. The van der Waals surface area contributed by atoms with Crippen LogP contribution in [0.1, 0.15) is 63.9 Å². The van der Waals surface area contributed by atoms with E-state index in [1.54, 1.807) is 26.2 Å². The Balaban J connectivity index is 1.94. The summed E-state index contributed by atoms with van der Waals surface area (Å²) in [5.74, 6) is 0.928. The van der Waals surface area contributed by atoms with Crippen LogP contribution in [-0.2, 0) is 30.2 Å². The van der Waals surface area contributed by atoms with Gasteiger partial charge in [-0.1, -0.05) is 44.2 Å². The Labute approximate surface area is 212 Å². The van der Waals surface area contributed by atoms with Crippen molar-refractivity contribution >= 4 is 5.97 Å². The first-order valence-electron chi connectivity index (χ1n) is 13.0. The van der Waals surface area contributed by atoms with E-state index in [1.165, 1.54) is 38.5 Å². The maximum Gasteiger partial charge on any atom is 0.310 e. The number of hydrogen-bond donors (Lipinski definition) is 0. The van der Waals surface area contributed by atoms with Crippen molar-refractivity contribution in [3.63, 3.8) is 0 Å². The molecule has 0 saturated carbocycles. The van der Waals surface area contributed by atoms with E-state index < -0.39 is 0 Å². The van der Waals surface area contributed by atoms with Gasteiger partial charge in [0.05, 0.1) is 53.2 Å². The largest absolute Gasteiger partial charge is 0.493 e. The maximum absolute atomic E-state index is 11.6. The van der Waals surface area contributed by atoms with Crippen LogP contribution >= 0.6 is 0 Å². The number of carbonyl (C=O) groups is 1. The Bertz CT molecular complexity index is 663. The molecule has 0 bridgehead atoms. The zero-order valence-electron chi connectivity index (χ0n) is 21.9. The van der Waals surface area contributed by atoms with E-state index in [4.69, 9.17) is 28.4 Å². The van der Waals surface area contributed by atoms with Gasteiger partial charge in [-0.05, 0) is 43.9 Å². The minimum atomic E-state index is -0.262. The number of esters is 1. The summed E-state index contributed by atoms with van der Waals surface area (Å²) in [5, 5.41) is 0. The van der Waals surface area contributed by atoms with Crippen molar-refractivity contribution in [1.82, 2.24) is 0 Å². The van der Waals surface area contributed by atoms with Gasteiger partial charge in [-0.2, -0.15) is 0 Å². The lowest BCUT2D eigenvalue weighted by molar-refractivity contribution is -0.142. The summed E-state index contributed by atoms with van der Waals surface area (Å²) in [5.41, 5.74) is 0.815. The molecule has 1 rings (SSSR count). The van der Waals surface area contributed by atoms with Gasteiger partial charge in [0, 0.05) is 6.61 Å². The lowest BCUT2D eigenvalue weighted by atomic mass is 10.1. The zero-order chi connectivity index (χ0) is 25.4. The van der Waals surface area contributed by atoms with E-state index >= 15 is 0 Å². The number of benzene rings is 1. The van der Waals surface area contributed by atoms with Crippen LogP contribution in [0, 0.1) is 0 Å². The van der Waals surface area contributed by atoms with Crippen molar-refractivity contribution in [1.29, 1.82) is 0 Å². The first-order valence-corrected chi connectivity index (χ1v) is 13.0. The summed E-state index contributed by atoms with van der Waals surface area (Å²) < 4.78 is 32.8. The van der Waals surface area contributed by atoms with Crippen LogP contribution in [0.25, 0.3) is 0 Å². The smallest absolute Gasteiger partial charge is 0.310 e. The molecule has 0 amide bonds. The highest BCUT2D eigenvalue weighted by Crippen LogP contribution is 2.28. The van der Waals surface area contributed by atoms with Gasteiger partial charge >= 0.3 is 5.97 Å². The lowest BCUT2D eigenvalue weighted by Gasteiger charge is -2.12.